The van der Waals surface area contributed by atoms with Crippen LogP contribution in [0.5, 0.6) is 0 Å². The average Bonchev–Trinajstić information content (AvgIpc) is 2.66. The van der Waals surface area contributed by atoms with E-state index < -0.39 is 23.1 Å². The largest absolute Gasteiger partial charge is 0.480 e. The van der Waals surface area contributed by atoms with Crippen molar-refractivity contribution in [1.29, 1.82) is 0 Å². The van der Waals surface area contributed by atoms with Crippen molar-refractivity contribution in [2.45, 2.75) is 46.5 Å². The van der Waals surface area contributed by atoms with Crippen LogP contribution in [0.25, 0.3) is 0 Å². The van der Waals surface area contributed by atoms with Gasteiger partial charge in [0, 0.05) is 18.8 Å². The van der Waals surface area contributed by atoms with Crippen LogP contribution in [-0.4, -0.2) is 22.6 Å². The van der Waals surface area contributed by atoms with Gasteiger partial charge in [-0.25, -0.2) is 0 Å². The minimum atomic E-state index is -1.61. The van der Waals surface area contributed by atoms with E-state index in [1.165, 1.54) is 6.92 Å². The Morgan fingerprint density at radius 2 is 1.71 bits per heavy atom. The van der Waals surface area contributed by atoms with Crippen LogP contribution in [-0.2, 0) is 14.4 Å². The standard InChI is InChI=1S/C17H20O4/c1-9-5-10(2)15(11(3)6-9)14-7-13(19)8-17(14,12(4)18)16(20)21/h5-6,14H,7-8H2,1-4H3,(H,20,21). The zero-order valence-electron chi connectivity index (χ0n) is 12.8. The normalized spacial score (nSPS) is 25.1. The molecule has 2 unspecified atom stereocenters. The molecule has 2 atom stereocenters. The van der Waals surface area contributed by atoms with E-state index in [9.17, 15) is 19.5 Å². The topological polar surface area (TPSA) is 71.4 Å². The molecule has 0 spiro atoms. The molecule has 1 fully saturated rings. The summed E-state index contributed by atoms with van der Waals surface area (Å²) in [5.74, 6) is -2.35. The number of aryl methyl sites for hydroxylation is 3. The van der Waals surface area contributed by atoms with Crippen LogP contribution in [0.1, 0.15) is 47.9 Å². The van der Waals surface area contributed by atoms with Crippen LogP contribution in [0.4, 0.5) is 0 Å². The van der Waals surface area contributed by atoms with Crippen molar-refractivity contribution in [2.24, 2.45) is 5.41 Å². The van der Waals surface area contributed by atoms with Gasteiger partial charge >= 0.3 is 5.97 Å². The molecule has 1 aromatic carbocycles. The molecule has 0 radical (unpaired) electrons. The molecule has 1 N–H and O–H groups in total. The van der Waals surface area contributed by atoms with Gasteiger partial charge in [0.1, 0.15) is 17.0 Å². The number of carbonyl (C=O) groups is 3. The molecule has 1 aliphatic rings. The zero-order chi connectivity index (χ0) is 15.9. The van der Waals surface area contributed by atoms with Gasteiger partial charge in [-0.05, 0) is 44.4 Å². The summed E-state index contributed by atoms with van der Waals surface area (Å²) in [6, 6.07) is 3.94. The lowest BCUT2D eigenvalue weighted by atomic mass is 9.69. The van der Waals surface area contributed by atoms with E-state index in [-0.39, 0.29) is 18.6 Å². The fourth-order valence-corrected chi connectivity index (χ4v) is 3.74. The van der Waals surface area contributed by atoms with Gasteiger partial charge in [-0.2, -0.15) is 0 Å². The van der Waals surface area contributed by atoms with Crippen molar-refractivity contribution in [1.82, 2.24) is 0 Å². The lowest BCUT2D eigenvalue weighted by Gasteiger charge is -2.30. The summed E-state index contributed by atoms with van der Waals surface area (Å²) in [6.07, 6.45) is -0.0777. The number of carboxylic acids is 1. The highest BCUT2D eigenvalue weighted by atomic mass is 16.4. The molecule has 1 saturated carbocycles. The Hall–Kier alpha value is -1.97. The number of benzene rings is 1. The van der Waals surface area contributed by atoms with Crippen molar-refractivity contribution in [3.8, 4) is 0 Å². The first-order valence-electron chi connectivity index (χ1n) is 7.04. The van der Waals surface area contributed by atoms with E-state index in [1.807, 2.05) is 32.9 Å². The van der Waals surface area contributed by atoms with Gasteiger partial charge in [-0.1, -0.05) is 17.7 Å². The van der Waals surface area contributed by atoms with Gasteiger partial charge in [-0.3, -0.25) is 14.4 Å². The number of carboxylic acid groups (broad SMARTS) is 1. The number of aliphatic carboxylic acids is 1. The quantitative estimate of drug-likeness (QED) is 0.868. The Kier molecular flexibility index (Phi) is 3.74. The van der Waals surface area contributed by atoms with Gasteiger partial charge < -0.3 is 5.11 Å². The van der Waals surface area contributed by atoms with Crippen molar-refractivity contribution in [2.75, 3.05) is 0 Å². The first-order chi connectivity index (χ1) is 9.70. The number of hydrogen-bond donors (Lipinski definition) is 1. The molecule has 0 saturated heterocycles. The second-order valence-corrected chi connectivity index (χ2v) is 6.12. The van der Waals surface area contributed by atoms with E-state index in [1.54, 1.807) is 0 Å². The molecule has 0 heterocycles. The highest BCUT2D eigenvalue weighted by Crippen LogP contribution is 2.50. The van der Waals surface area contributed by atoms with Crippen LogP contribution >= 0.6 is 0 Å². The summed E-state index contributed by atoms with van der Waals surface area (Å²) < 4.78 is 0. The van der Waals surface area contributed by atoms with Crippen molar-refractivity contribution >= 4 is 17.5 Å². The summed E-state index contributed by atoms with van der Waals surface area (Å²) >= 11 is 0. The maximum atomic E-state index is 12.1. The number of Topliss-reactive ketones (excluding diaryl/α,β-unsaturated/α-hetero) is 2. The molecule has 21 heavy (non-hydrogen) atoms. The third-order valence-corrected chi connectivity index (χ3v) is 4.60. The Morgan fingerprint density at radius 1 is 1.19 bits per heavy atom. The first kappa shape index (κ1) is 15.4. The van der Waals surface area contributed by atoms with Crippen molar-refractivity contribution in [3.05, 3.63) is 34.4 Å². The summed E-state index contributed by atoms with van der Waals surface area (Å²) in [6.45, 7) is 7.06. The highest BCUT2D eigenvalue weighted by Gasteiger charge is 2.57. The third-order valence-electron chi connectivity index (χ3n) is 4.60. The number of hydrogen-bond acceptors (Lipinski definition) is 3. The van der Waals surface area contributed by atoms with Crippen molar-refractivity contribution in [3.63, 3.8) is 0 Å². The molecule has 0 amide bonds. The van der Waals surface area contributed by atoms with Gasteiger partial charge in [0.25, 0.3) is 0 Å². The molecule has 0 aliphatic heterocycles. The molecule has 4 heteroatoms. The average molecular weight is 288 g/mol. The molecule has 0 aromatic heterocycles. The van der Waals surface area contributed by atoms with Gasteiger partial charge in [-0.15, -0.1) is 0 Å². The molecular formula is C17H20O4. The number of carbonyl (C=O) groups excluding carboxylic acids is 2. The summed E-state index contributed by atoms with van der Waals surface area (Å²) in [4.78, 5) is 35.8. The van der Waals surface area contributed by atoms with E-state index >= 15 is 0 Å². The summed E-state index contributed by atoms with van der Waals surface area (Å²) in [7, 11) is 0. The summed E-state index contributed by atoms with van der Waals surface area (Å²) in [5.41, 5.74) is 2.20. The predicted octanol–water partition coefficient (Wildman–Crippen LogP) is 2.72. The molecule has 4 nitrogen and oxygen atoms in total. The second kappa shape index (κ2) is 5.10. The van der Waals surface area contributed by atoms with Crippen LogP contribution < -0.4 is 0 Å². The fourth-order valence-electron chi connectivity index (χ4n) is 3.74. The van der Waals surface area contributed by atoms with Gasteiger partial charge in [0.15, 0.2) is 0 Å². The van der Waals surface area contributed by atoms with E-state index in [0.29, 0.717) is 0 Å². The lowest BCUT2D eigenvalue weighted by Crippen LogP contribution is -2.40. The maximum absolute atomic E-state index is 12.1. The Balaban J connectivity index is 2.69. The Labute approximate surface area is 124 Å². The van der Waals surface area contributed by atoms with Gasteiger partial charge in [0.2, 0.25) is 0 Å². The second-order valence-electron chi connectivity index (χ2n) is 6.12. The van der Waals surface area contributed by atoms with Crippen LogP contribution in [0, 0.1) is 26.2 Å². The van der Waals surface area contributed by atoms with Crippen molar-refractivity contribution < 1.29 is 19.5 Å². The van der Waals surface area contributed by atoms with E-state index in [2.05, 4.69) is 0 Å². The molecule has 0 bridgehead atoms. The smallest absolute Gasteiger partial charge is 0.318 e. The minimum Gasteiger partial charge on any atom is -0.480 e. The first-order valence-corrected chi connectivity index (χ1v) is 7.04. The highest BCUT2D eigenvalue weighted by molar-refractivity contribution is 6.09. The van der Waals surface area contributed by atoms with Crippen LogP contribution in [0.2, 0.25) is 0 Å². The van der Waals surface area contributed by atoms with Crippen LogP contribution in [0.15, 0.2) is 12.1 Å². The molecule has 1 aromatic rings. The van der Waals surface area contributed by atoms with Crippen LogP contribution in [0.3, 0.4) is 0 Å². The molecular weight excluding hydrogens is 268 g/mol. The lowest BCUT2D eigenvalue weighted by molar-refractivity contribution is -0.155. The maximum Gasteiger partial charge on any atom is 0.318 e. The molecule has 2 rings (SSSR count). The molecule has 112 valence electrons. The predicted molar refractivity (Wildman–Crippen MR) is 78.4 cm³/mol. The number of ketones is 2. The third kappa shape index (κ3) is 2.28. The SMILES string of the molecule is CC(=O)C1(C(=O)O)CC(=O)CC1c1c(C)cc(C)cc1C. The van der Waals surface area contributed by atoms with E-state index in [0.717, 1.165) is 22.3 Å². The zero-order valence-corrected chi connectivity index (χ0v) is 12.8. The fraction of sp³-hybridized carbons (Fsp3) is 0.471. The van der Waals surface area contributed by atoms with Gasteiger partial charge in [0.05, 0.1) is 0 Å². The monoisotopic (exact) mass is 288 g/mol. The molecule has 1 aliphatic carbocycles. The van der Waals surface area contributed by atoms with E-state index in [4.69, 9.17) is 0 Å². The summed E-state index contributed by atoms with van der Waals surface area (Å²) in [5, 5.41) is 9.65. The Morgan fingerprint density at radius 3 is 2.14 bits per heavy atom. The number of rotatable bonds is 3. The minimum absolute atomic E-state index is 0.122. The Bertz CT molecular complexity index is 605.